The van der Waals surface area contributed by atoms with Gasteiger partial charge in [0.05, 0.1) is 6.42 Å². The SMILES string of the molecule is CCNCCCN1C(=O)Cc2ccc(Cl)cc21. The maximum Gasteiger partial charge on any atom is 0.231 e. The van der Waals surface area contributed by atoms with Gasteiger partial charge in [-0.25, -0.2) is 0 Å². The molecule has 0 saturated heterocycles. The third kappa shape index (κ3) is 2.79. The summed E-state index contributed by atoms with van der Waals surface area (Å²) >= 11 is 5.97. The zero-order valence-electron chi connectivity index (χ0n) is 10.0. The zero-order chi connectivity index (χ0) is 12.3. The molecule has 0 unspecified atom stereocenters. The van der Waals surface area contributed by atoms with Gasteiger partial charge in [-0.05, 0) is 37.2 Å². The lowest BCUT2D eigenvalue weighted by molar-refractivity contribution is -0.117. The molecule has 1 aliphatic heterocycles. The lowest BCUT2D eigenvalue weighted by Crippen LogP contribution is -2.30. The highest BCUT2D eigenvalue weighted by Gasteiger charge is 2.26. The molecule has 1 aliphatic rings. The molecule has 0 aromatic heterocycles. The van der Waals surface area contributed by atoms with E-state index in [1.807, 2.05) is 23.1 Å². The molecule has 17 heavy (non-hydrogen) atoms. The Kier molecular flexibility index (Phi) is 4.02. The molecule has 92 valence electrons. The lowest BCUT2D eigenvalue weighted by Gasteiger charge is -2.17. The smallest absolute Gasteiger partial charge is 0.231 e. The molecule has 0 spiro atoms. The second-order valence-corrected chi connectivity index (χ2v) is 4.64. The van der Waals surface area contributed by atoms with Gasteiger partial charge in [0, 0.05) is 17.3 Å². The van der Waals surface area contributed by atoms with Gasteiger partial charge in [0.25, 0.3) is 0 Å². The minimum absolute atomic E-state index is 0.179. The van der Waals surface area contributed by atoms with Crippen LogP contribution in [0, 0.1) is 0 Å². The van der Waals surface area contributed by atoms with Crippen molar-refractivity contribution < 1.29 is 4.79 Å². The Morgan fingerprint density at radius 3 is 3.06 bits per heavy atom. The number of halogens is 1. The van der Waals surface area contributed by atoms with Crippen LogP contribution in [0.1, 0.15) is 18.9 Å². The molecule has 0 radical (unpaired) electrons. The molecular formula is C13H17ClN2O. The Morgan fingerprint density at radius 2 is 2.29 bits per heavy atom. The first-order valence-corrected chi connectivity index (χ1v) is 6.39. The van der Waals surface area contributed by atoms with E-state index < -0.39 is 0 Å². The number of amides is 1. The maximum absolute atomic E-state index is 11.9. The molecule has 0 aliphatic carbocycles. The third-order valence-electron chi connectivity index (χ3n) is 2.97. The summed E-state index contributed by atoms with van der Waals surface area (Å²) in [4.78, 5) is 13.7. The second kappa shape index (κ2) is 5.52. The van der Waals surface area contributed by atoms with Crippen molar-refractivity contribution in [2.45, 2.75) is 19.8 Å². The number of nitrogens with zero attached hydrogens (tertiary/aromatic N) is 1. The van der Waals surface area contributed by atoms with Crippen molar-refractivity contribution in [1.82, 2.24) is 5.32 Å². The molecule has 4 heteroatoms. The van der Waals surface area contributed by atoms with Gasteiger partial charge < -0.3 is 10.2 Å². The van der Waals surface area contributed by atoms with Crippen molar-refractivity contribution in [3.63, 3.8) is 0 Å². The summed E-state index contributed by atoms with van der Waals surface area (Å²) in [5.41, 5.74) is 2.07. The third-order valence-corrected chi connectivity index (χ3v) is 3.20. The molecule has 3 nitrogen and oxygen atoms in total. The largest absolute Gasteiger partial charge is 0.317 e. The van der Waals surface area contributed by atoms with Crippen LogP contribution in [0.4, 0.5) is 5.69 Å². The van der Waals surface area contributed by atoms with Crippen LogP contribution in [0.25, 0.3) is 0 Å². The van der Waals surface area contributed by atoms with E-state index in [-0.39, 0.29) is 5.91 Å². The highest BCUT2D eigenvalue weighted by atomic mass is 35.5. The summed E-state index contributed by atoms with van der Waals surface area (Å²) in [5, 5.41) is 3.95. The van der Waals surface area contributed by atoms with E-state index in [0.717, 1.165) is 37.3 Å². The zero-order valence-corrected chi connectivity index (χ0v) is 10.8. The molecule has 1 aromatic rings. The number of fused-ring (bicyclic) bond motifs is 1. The average molecular weight is 253 g/mol. The minimum atomic E-state index is 0.179. The van der Waals surface area contributed by atoms with Crippen LogP contribution in [-0.4, -0.2) is 25.5 Å². The standard InChI is InChI=1S/C13H17ClN2O/c1-2-15-6-3-7-16-12-9-11(14)5-4-10(12)8-13(16)17/h4-5,9,15H,2-3,6-8H2,1H3. The van der Waals surface area contributed by atoms with Crippen molar-refractivity contribution in [3.8, 4) is 0 Å². The van der Waals surface area contributed by atoms with Gasteiger partial charge in [0.15, 0.2) is 0 Å². The van der Waals surface area contributed by atoms with Crippen molar-refractivity contribution >= 4 is 23.2 Å². The van der Waals surface area contributed by atoms with Gasteiger partial charge in [0.1, 0.15) is 0 Å². The monoisotopic (exact) mass is 252 g/mol. The molecule has 2 rings (SSSR count). The summed E-state index contributed by atoms with van der Waals surface area (Å²) in [6.07, 6.45) is 1.47. The molecule has 0 saturated carbocycles. The first-order valence-electron chi connectivity index (χ1n) is 6.02. The summed E-state index contributed by atoms with van der Waals surface area (Å²) in [6.45, 7) is 4.75. The average Bonchev–Trinajstić information content (AvgIpc) is 2.61. The Hall–Kier alpha value is -1.06. The van der Waals surface area contributed by atoms with Gasteiger partial charge in [-0.15, -0.1) is 0 Å². The topological polar surface area (TPSA) is 32.3 Å². The Morgan fingerprint density at radius 1 is 1.47 bits per heavy atom. The predicted molar refractivity (Wildman–Crippen MR) is 70.7 cm³/mol. The summed E-state index contributed by atoms with van der Waals surface area (Å²) < 4.78 is 0. The number of anilines is 1. The van der Waals surface area contributed by atoms with Crippen molar-refractivity contribution in [1.29, 1.82) is 0 Å². The van der Waals surface area contributed by atoms with Crippen LogP contribution in [0.5, 0.6) is 0 Å². The van der Waals surface area contributed by atoms with Crippen LogP contribution < -0.4 is 10.2 Å². The van der Waals surface area contributed by atoms with Crippen molar-refractivity contribution in [2.75, 3.05) is 24.5 Å². The Bertz CT molecular complexity index is 420. The first kappa shape index (κ1) is 12.4. The number of hydrogen-bond acceptors (Lipinski definition) is 2. The second-order valence-electron chi connectivity index (χ2n) is 4.20. The first-order chi connectivity index (χ1) is 8.22. The Labute approximate surface area is 107 Å². The van der Waals surface area contributed by atoms with Gasteiger partial charge in [-0.2, -0.15) is 0 Å². The Balaban J connectivity index is 2.03. The molecule has 1 N–H and O–H groups in total. The summed E-state index contributed by atoms with van der Waals surface area (Å²) in [6, 6.07) is 5.67. The highest BCUT2D eigenvalue weighted by molar-refractivity contribution is 6.31. The van der Waals surface area contributed by atoms with Crippen LogP contribution in [0.15, 0.2) is 18.2 Å². The van der Waals surface area contributed by atoms with E-state index in [9.17, 15) is 4.79 Å². The summed E-state index contributed by atoms with van der Waals surface area (Å²) in [5.74, 6) is 0.179. The van der Waals surface area contributed by atoms with Gasteiger partial charge >= 0.3 is 0 Å². The van der Waals surface area contributed by atoms with Gasteiger partial charge in [0.2, 0.25) is 5.91 Å². The fourth-order valence-electron chi connectivity index (χ4n) is 2.11. The molecule has 0 atom stereocenters. The quantitative estimate of drug-likeness (QED) is 0.815. The number of rotatable bonds is 5. The van der Waals surface area contributed by atoms with Crippen molar-refractivity contribution in [2.24, 2.45) is 0 Å². The lowest BCUT2D eigenvalue weighted by atomic mass is 10.2. The summed E-state index contributed by atoms with van der Waals surface area (Å²) in [7, 11) is 0. The van der Waals surface area contributed by atoms with E-state index in [1.165, 1.54) is 0 Å². The normalized spacial score (nSPS) is 14.2. The maximum atomic E-state index is 11.9. The van der Waals surface area contributed by atoms with E-state index in [4.69, 9.17) is 11.6 Å². The molecule has 1 aromatic carbocycles. The molecule has 1 amide bonds. The number of carbonyl (C=O) groups is 1. The number of benzene rings is 1. The number of carbonyl (C=O) groups excluding carboxylic acids is 1. The van der Waals surface area contributed by atoms with E-state index >= 15 is 0 Å². The highest BCUT2D eigenvalue weighted by Crippen LogP contribution is 2.31. The predicted octanol–water partition coefficient (Wildman–Crippen LogP) is 2.23. The number of nitrogens with one attached hydrogen (secondary N) is 1. The molecule has 0 fully saturated rings. The van der Waals surface area contributed by atoms with E-state index in [0.29, 0.717) is 11.4 Å². The molecule has 1 heterocycles. The van der Waals surface area contributed by atoms with Gasteiger partial charge in [-0.1, -0.05) is 24.6 Å². The number of hydrogen-bond donors (Lipinski definition) is 1. The van der Waals surface area contributed by atoms with E-state index in [1.54, 1.807) is 0 Å². The fraction of sp³-hybridized carbons (Fsp3) is 0.462. The molecular weight excluding hydrogens is 236 g/mol. The van der Waals surface area contributed by atoms with Crippen LogP contribution in [-0.2, 0) is 11.2 Å². The van der Waals surface area contributed by atoms with Crippen molar-refractivity contribution in [3.05, 3.63) is 28.8 Å². The molecule has 0 bridgehead atoms. The fourth-order valence-corrected chi connectivity index (χ4v) is 2.28. The van der Waals surface area contributed by atoms with Gasteiger partial charge in [-0.3, -0.25) is 4.79 Å². The van der Waals surface area contributed by atoms with E-state index in [2.05, 4.69) is 12.2 Å². The minimum Gasteiger partial charge on any atom is -0.317 e. The van der Waals surface area contributed by atoms with Crippen LogP contribution in [0.3, 0.4) is 0 Å². The van der Waals surface area contributed by atoms with Crippen LogP contribution >= 0.6 is 11.6 Å². The van der Waals surface area contributed by atoms with Crippen LogP contribution in [0.2, 0.25) is 5.02 Å².